The monoisotopic (exact) mass is 432 g/mol. The van der Waals surface area contributed by atoms with Gasteiger partial charge < -0.3 is 15.3 Å². The molecule has 0 aromatic carbocycles. The van der Waals surface area contributed by atoms with E-state index in [4.69, 9.17) is 0 Å². The minimum absolute atomic E-state index is 0.100. The van der Waals surface area contributed by atoms with Crippen LogP contribution in [-0.4, -0.2) is 38.6 Å². The molecule has 0 radical (unpaired) electrons. The van der Waals surface area contributed by atoms with Crippen LogP contribution in [0.4, 0.5) is 0 Å². The van der Waals surface area contributed by atoms with E-state index in [-0.39, 0.29) is 34.9 Å². The van der Waals surface area contributed by atoms with Crippen molar-refractivity contribution in [2.24, 2.45) is 34.0 Å². The number of fused-ring (bicyclic) bond motifs is 1. The van der Waals surface area contributed by atoms with Gasteiger partial charge in [0.25, 0.3) is 0 Å². The van der Waals surface area contributed by atoms with Gasteiger partial charge in [-0.1, -0.05) is 39.3 Å². The third kappa shape index (κ3) is 3.10. The first-order valence-corrected chi connectivity index (χ1v) is 11.7. The molecule has 3 aliphatic carbocycles. The molecule has 0 heterocycles. The highest BCUT2D eigenvalue weighted by Crippen LogP contribution is 2.75. The Morgan fingerprint density at radius 3 is 2.32 bits per heavy atom. The molecule has 2 bridgehead atoms. The van der Waals surface area contributed by atoms with Crippen LogP contribution in [0.5, 0.6) is 0 Å². The molecule has 5 nitrogen and oxygen atoms in total. The van der Waals surface area contributed by atoms with Crippen molar-refractivity contribution in [1.82, 2.24) is 0 Å². The minimum Gasteiger partial charge on any atom is -0.511 e. The van der Waals surface area contributed by atoms with Gasteiger partial charge in [-0.3, -0.25) is 9.59 Å². The lowest BCUT2D eigenvalue weighted by Crippen LogP contribution is -2.53. The van der Waals surface area contributed by atoms with E-state index in [1.807, 2.05) is 26.8 Å². The van der Waals surface area contributed by atoms with Crippen LogP contribution in [0, 0.1) is 34.0 Å². The molecule has 0 saturated heterocycles. The Hall–Kier alpha value is -1.46. The molecule has 3 aliphatic rings. The number of hydrogen-bond acceptors (Lipinski definition) is 5. The first kappa shape index (κ1) is 24.2. The lowest BCUT2D eigenvalue weighted by atomic mass is 9.61. The molecule has 0 amide bonds. The standard InChI is InChI=1S/C26H40O5/c1-9-15(4)19(27)18-20(28)25(11-10-14(2)3)12-17-23(5,6)16(24(7,8)31)13-26(17,21(18)29)22(25)30/h10,15-17,22,29-31H,9,11-13H2,1-8H3/t15?,16-,17-,22?,25?,26+/m1/s1. The van der Waals surface area contributed by atoms with Gasteiger partial charge in [0.2, 0.25) is 0 Å². The molecule has 3 rings (SSSR count). The highest BCUT2D eigenvalue weighted by Gasteiger charge is 2.77. The fourth-order valence-electron chi connectivity index (χ4n) is 7.06. The highest BCUT2D eigenvalue weighted by molar-refractivity contribution is 6.24. The molecule has 5 heteroatoms. The van der Waals surface area contributed by atoms with E-state index >= 15 is 0 Å². The first-order valence-electron chi connectivity index (χ1n) is 11.7. The smallest absolute Gasteiger partial charge is 0.178 e. The van der Waals surface area contributed by atoms with Crippen LogP contribution in [0.1, 0.15) is 81.1 Å². The molecular formula is C26H40O5. The lowest BCUT2D eigenvalue weighted by Gasteiger charge is -2.44. The number of aliphatic hydroxyl groups excluding tert-OH is 2. The number of Topliss-reactive ketones (excluding diaryl/α,β-unsaturated/α-hetero) is 2. The zero-order valence-electron chi connectivity index (χ0n) is 20.4. The van der Waals surface area contributed by atoms with Gasteiger partial charge >= 0.3 is 0 Å². The predicted octanol–water partition coefficient (Wildman–Crippen LogP) is 4.52. The summed E-state index contributed by atoms with van der Waals surface area (Å²) < 4.78 is 0. The quantitative estimate of drug-likeness (QED) is 0.424. The Kier molecular flexibility index (Phi) is 5.68. The van der Waals surface area contributed by atoms with E-state index in [1.54, 1.807) is 20.8 Å². The molecule has 31 heavy (non-hydrogen) atoms. The summed E-state index contributed by atoms with van der Waals surface area (Å²) in [5.74, 6) is -1.77. The van der Waals surface area contributed by atoms with Crippen LogP contribution >= 0.6 is 0 Å². The second-order valence-electron chi connectivity index (χ2n) is 11.8. The summed E-state index contributed by atoms with van der Waals surface area (Å²) in [6.07, 6.45) is 2.54. The van der Waals surface area contributed by atoms with Crippen LogP contribution in [0.15, 0.2) is 23.0 Å². The topological polar surface area (TPSA) is 94.8 Å². The van der Waals surface area contributed by atoms with Crippen LogP contribution in [0.25, 0.3) is 0 Å². The summed E-state index contributed by atoms with van der Waals surface area (Å²) in [5.41, 5.74) is -2.72. The van der Waals surface area contributed by atoms with Crippen molar-refractivity contribution >= 4 is 11.6 Å². The predicted molar refractivity (Wildman–Crippen MR) is 120 cm³/mol. The van der Waals surface area contributed by atoms with Crippen LogP contribution in [-0.2, 0) is 9.59 Å². The largest absolute Gasteiger partial charge is 0.511 e. The molecule has 3 N–H and O–H groups in total. The van der Waals surface area contributed by atoms with Crippen molar-refractivity contribution < 1.29 is 24.9 Å². The summed E-state index contributed by atoms with van der Waals surface area (Å²) in [5, 5.41) is 34.3. The Morgan fingerprint density at radius 1 is 1.26 bits per heavy atom. The third-order valence-corrected chi connectivity index (χ3v) is 8.93. The number of ketones is 2. The first-order chi connectivity index (χ1) is 14.1. The maximum atomic E-state index is 13.8. The minimum atomic E-state index is -1.12. The average Bonchev–Trinajstić information content (AvgIpc) is 3.03. The van der Waals surface area contributed by atoms with E-state index in [9.17, 15) is 24.9 Å². The Bertz CT molecular complexity index is 854. The fraction of sp³-hybridized carbons (Fsp3) is 0.769. The van der Waals surface area contributed by atoms with Gasteiger partial charge in [0, 0.05) is 5.92 Å². The highest BCUT2D eigenvalue weighted by atomic mass is 16.3. The molecule has 3 unspecified atom stereocenters. The van der Waals surface area contributed by atoms with Gasteiger partial charge in [0.15, 0.2) is 11.6 Å². The maximum absolute atomic E-state index is 13.8. The van der Waals surface area contributed by atoms with Gasteiger partial charge in [0.1, 0.15) is 5.76 Å². The Balaban J connectivity index is 2.30. The average molecular weight is 433 g/mol. The zero-order valence-corrected chi connectivity index (χ0v) is 20.4. The van der Waals surface area contributed by atoms with Crippen molar-refractivity contribution in [3.05, 3.63) is 23.0 Å². The molecule has 0 aromatic rings. The van der Waals surface area contributed by atoms with E-state index < -0.39 is 33.7 Å². The second kappa shape index (κ2) is 7.28. The van der Waals surface area contributed by atoms with E-state index in [0.717, 1.165) is 5.57 Å². The van der Waals surface area contributed by atoms with Crippen molar-refractivity contribution in [3.63, 3.8) is 0 Å². The molecule has 0 aliphatic heterocycles. The lowest BCUT2D eigenvalue weighted by molar-refractivity contribution is -0.140. The van der Waals surface area contributed by atoms with Crippen molar-refractivity contribution in [2.75, 3.05) is 0 Å². The van der Waals surface area contributed by atoms with E-state index in [2.05, 4.69) is 13.8 Å². The van der Waals surface area contributed by atoms with Crippen LogP contribution in [0.2, 0.25) is 0 Å². The maximum Gasteiger partial charge on any atom is 0.178 e. The van der Waals surface area contributed by atoms with Gasteiger partial charge in [-0.2, -0.15) is 0 Å². The molecule has 1 spiro atoms. The van der Waals surface area contributed by atoms with Crippen LogP contribution in [0.3, 0.4) is 0 Å². The zero-order chi connectivity index (χ0) is 23.7. The molecule has 0 aromatic heterocycles. The Labute approximate surface area is 186 Å². The number of rotatable bonds is 6. The van der Waals surface area contributed by atoms with Crippen LogP contribution < -0.4 is 0 Å². The van der Waals surface area contributed by atoms with Crippen molar-refractivity contribution in [1.29, 1.82) is 0 Å². The molecular weight excluding hydrogens is 392 g/mol. The van der Waals surface area contributed by atoms with Crippen molar-refractivity contribution in [2.45, 2.75) is 92.8 Å². The molecule has 2 fully saturated rings. The molecule has 6 atom stereocenters. The second-order valence-corrected chi connectivity index (χ2v) is 11.8. The summed E-state index contributed by atoms with van der Waals surface area (Å²) >= 11 is 0. The van der Waals surface area contributed by atoms with Gasteiger partial charge in [-0.15, -0.1) is 0 Å². The summed E-state index contributed by atoms with van der Waals surface area (Å²) in [4.78, 5) is 27.1. The van der Waals surface area contributed by atoms with Crippen molar-refractivity contribution in [3.8, 4) is 0 Å². The van der Waals surface area contributed by atoms with E-state index in [1.165, 1.54) is 0 Å². The number of carbonyl (C=O) groups is 2. The number of aliphatic hydroxyl groups is 3. The Morgan fingerprint density at radius 2 is 1.84 bits per heavy atom. The fourth-order valence-corrected chi connectivity index (χ4v) is 7.06. The third-order valence-electron chi connectivity index (χ3n) is 8.93. The SMILES string of the molecule is CCC(C)C(=O)C1=C(O)[C@]23C[C@@H](C(C)(C)O)C(C)(C)[C@H]2CC(CC=C(C)C)(C1=O)C3O. The summed E-state index contributed by atoms with van der Waals surface area (Å²) in [6.45, 7) is 15.2. The summed E-state index contributed by atoms with van der Waals surface area (Å²) in [6, 6.07) is 0. The number of hydrogen-bond donors (Lipinski definition) is 3. The number of carbonyl (C=O) groups excluding carboxylic acids is 2. The summed E-state index contributed by atoms with van der Waals surface area (Å²) in [7, 11) is 0. The number of allylic oxidation sites excluding steroid dienone is 3. The van der Waals surface area contributed by atoms with Gasteiger partial charge in [-0.25, -0.2) is 0 Å². The normalized spacial score (nSPS) is 37.6. The molecule has 174 valence electrons. The van der Waals surface area contributed by atoms with E-state index in [0.29, 0.717) is 25.7 Å². The van der Waals surface area contributed by atoms with Gasteiger partial charge in [0.05, 0.1) is 28.1 Å². The molecule has 2 saturated carbocycles. The van der Waals surface area contributed by atoms with Gasteiger partial charge in [-0.05, 0) is 70.6 Å².